The van der Waals surface area contributed by atoms with Gasteiger partial charge in [-0.05, 0) is 24.3 Å². The molecule has 0 atom stereocenters. The summed E-state index contributed by atoms with van der Waals surface area (Å²) in [4.78, 5) is 27.6. The number of carbonyl (C=O) groups excluding carboxylic acids is 1. The highest BCUT2D eigenvalue weighted by Crippen LogP contribution is 2.26. The number of hydrogen-bond donors (Lipinski definition) is 0. The smallest absolute Gasteiger partial charge is 0.324 e. The zero-order valence-electron chi connectivity index (χ0n) is 13.3. The molecule has 0 saturated carbocycles. The van der Waals surface area contributed by atoms with Crippen LogP contribution >= 0.6 is 22.7 Å². The summed E-state index contributed by atoms with van der Waals surface area (Å²) < 4.78 is 8.12. The number of aromatic nitrogens is 1. The number of fused-ring (bicyclic) bond motifs is 1. The summed E-state index contributed by atoms with van der Waals surface area (Å²) in [5, 5.41) is 10.7. The largest absolute Gasteiger partial charge is 0.495 e. The van der Waals surface area contributed by atoms with Crippen LogP contribution in [0.1, 0.15) is 4.88 Å². The zero-order chi connectivity index (χ0) is 18.0. The Morgan fingerprint density at radius 2 is 2.12 bits per heavy atom. The number of carbonyl (C=O) groups is 1. The third-order valence-electron chi connectivity index (χ3n) is 3.39. The minimum absolute atomic E-state index is 0.0343. The van der Waals surface area contributed by atoms with Crippen LogP contribution in [-0.2, 0) is 11.8 Å². The number of hydrogen-bond acceptors (Lipinski definition) is 6. The number of thiazole rings is 1. The lowest BCUT2D eigenvalue weighted by Crippen LogP contribution is -2.12. The fourth-order valence-electron chi connectivity index (χ4n) is 2.25. The van der Waals surface area contributed by atoms with E-state index in [2.05, 4.69) is 4.99 Å². The molecule has 25 heavy (non-hydrogen) atoms. The van der Waals surface area contributed by atoms with Gasteiger partial charge in [0.05, 0.1) is 16.7 Å². The van der Waals surface area contributed by atoms with E-state index in [1.165, 1.54) is 29.6 Å². The van der Waals surface area contributed by atoms with Gasteiger partial charge in [-0.3, -0.25) is 14.9 Å². The first-order chi connectivity index (χ1) is 12.0. The Bertz CT molecular complexity index is 1060. The van der Waals surface area contributed by atoms with Gasteiger partial charge in [0, 0.05) is 24.1 Å². The van der Waals surface area contributed by atoms with E-state index in [0.717, 1.165) is 21.6 Å². The van der Waals surface area contributed by atoms with Gasteiger partial charge in [0.1, 0.15) is 11.3 Å². The summed E-state index contributed by atoms with van der Waals surface area (Å²) in [5.41, 5.74) is 0.874. The number of nitrogens with zero attached hydrogens (tertiary/aromatic N) is 3. The molecule has 0 aliphatic rings. The van der Waals surface area contributed by atoms with Gasteiger partial charge in [0.15, 0.2) is 4.80 Å². The number of aryl methyl sites for hydroxylation is 1. The Kier molecular flexibility index (Phi) is 4.77. The maximum atomic E-state index is 12.1. The molecule has 2 heterocycles. The highest BCUT2D eigenvalue weighted by Gasteiger charge is 2.10. The summed E-state index contributed by atoms with van der Waals surface area (Å²) in [6, 6.07) is 8.67. The molecule has 1 amide bonds. The van der Waals surface area contributed by atoms with Crippen molar-refractivity contribution in [1.82, 2.24) is 4.57 Å². The van der Waals surface area contributed by atoms with Crippen LogP contribution in [-0.4, -0.2) is 22.5 Å². The van der Waals surface area contributed by atoms with Gasteiger partial charge in [0.25, 0.3) is 5.91 Å². The lowest BCUT2D eigenvalue weighted by atomic mass is 10.3. The molecule has 0 fully saturated rings. The normalized spacial score (nSPS) is 12.2. The van der Waals surface area contributed by atoms with Crippen molar-refractivity contribution in [2.75, 3.05) is 7.11 Å². The molecule has 2 aromatic heterocycles. The van der Waals surface area contributed by atoms with Crippen molar-refractivity contribution in [3.63, 3.8) is 0 Å². The van der Waals surface area contributed by atoms with Crippen molar-refractivity contribution in [1.29, 1.82) is 0 Å². The highest BCUT2D eigenvalue weighted by molar-refractivity contribution is 7.16. The molecule has 0 saturated heterocycles. The van der Waals surface area contributed by atoms with Crippen LogP contribution in [0.2, 0.25) is 0 Å². The maximum Gasteiger partial charge on any atom is 0.324 e. The molecule has 0 unspecified atom stereocenters. The molecule has 0 spiro atoms. The second-order valence-corrected chi connectivity index (χ2v) is 7.07. The molecule has 3 rings (SSSR count). The molecule has 0 radical (unpaired) electrons. The molecular formula is C16H13N3O4S2. The number of amides is 1. The van der Waals surface area contributed by atoms with Crippen molar-refractivity contribution in [3.05, 3.63) is 56.2 Å². The molecule has 7 nitrogen and oxygen atoms in total. The first-order valence-electron chi connectivity index (χ1n) is 7.13. The van der Waals surface area contributed by atoms with Crippen molar-refractivity contribution < 1.29 is 14.5 Å². The summed E-state index contributed by atoms with van der Waals surface area (Å²) >= 11 is 2.39. The van der Waals surface area contributed by atoms with Gasteiger partial charge < -0.3 is 9.30 Å². The summed E-state index contributed by atoms with van der Waals surface area (Å²) in [7, 11) is 3.41. The van der Waals surface area contributed by atoms with Crippen molar-refractivity contribution in [2.24, 2.45) is 12.0 Å². The first kappa shape index (κ1) is 17.1. The molecule has 0 aliphatic carbocycles. The Morgan fingerprint density at radius 1 is 1.32 bits per heavy atom. The molecule has 0 bridgehead atoms. The fourth-order valence-corrected chi connectivity index (χ4v) is 4.02. The van der Waals surface area contributed by atoms with Crippen molar-refractivity contribution in [2.45, 2.75) is 0 Å². The molecular weight excluding hydrogens is 362 g/mol. The van der Waals surface area contributed by atoms with Crippen LogP contribution in [0.15, 0.2) is 41.4 Å². The number of benzene rings is 1. The van der Waals surface area contributed by atoms with E-state index in [0.29, 0.717) is 15.4 Å². The summed E-state index contributed by atoms with van der Waals surface area (Å²) in [5.74, 6) is 0.281. The Balaban J connectivity index is 1.90. The third-order valence-corrected chi connectivity index (χ3v) is 5.49. The monoisotopic (exact) mass is 375 g/mol. The molecule has 1 aromatic carbocycles. The van der Waals surface area contributed by atoms with Gasteiger partial charge in [-0.2, -0.15) is 4.99 Å². The van der Waals surface area contributed by atoms with E-state index >= 15 is 0 Å². The topological polar surface area (TPSA) is 86.7 Å². The standard InChI is InChI=1S/C16H13N3O4S2/c1-18-15-11(23-2)4-3-5-12(15)25-16(18)17-13(20)8-6-10-7-9-14(24-10)19(21)22/h3-9H,1-2H3. The lowest BCUT2D eigenvalue weighted by molar-refractivity contribution is -0.380. The number of methoxy groups -OCH3 is 1. The minimum atomic E-state index is -0.460. The van der Waals surface area contributed by atoms with Crippen LogP contribution in [0.5, 0.6) is 5.75 Å². The Labute approximate surface area is 150 Å². The predicted molar refractivity (Wildman–Crippen MR) is 97.9 cm³/mol. The van der Waals surface area contributed by atoms with Crippen LogP contribution in [0.3, 0.4) is 0 Å². The van der Waals surface area contributed by atoms with Crippen LogP contribution in [0.4, 0.5) is 5.00 Å². The Hall–Kier alpha value is -2.78. The average molecular weight is 375 g/mol. The van der Waals surface area contributed by atoms with E-state index in [9.17, 15) is 14.9 Å². The first-order valence-corrected chi connectivity index (χ1v) is 8.76. The van der Waals surface area contributed by atoms with E-state index in [1.807, 2.05) is 25.2 Å². The zero-order valence-corrected chi connectivity index (χ0v) is 15.0. The van der Waals surface area contributed by atoms with E-state index in [1.54, 1.807) is 17.7 Å². The number of ether oxygens (including phenoxy) is 1. The second-order valence-electron chi connectivity index (χ2n) is 4.97. The average Bonchev–Trinajstić information content (AvgIpc) is 3.18. The van der Waals surface area contributed by atoms with Gasteiger partial charge in [0.2, 0.25) is 0 Å². The molecule has 0 aliphatic heterocycles. The number of rotatable bonds is 4. The lowest BCUT2D eigenvalue weighted by Gasteiger charge is -2.02. The number of nitro groups is 1. The van der Waals surface area contributed by atoms with E-state index in [-0.39, 0.29) is 5.00 Å². The van der Waals surface area contributed by atoms with Crippen molar-refractivity contribution >= 4 is 49.9 Å². The van der Waals surface area contributed by atoms with Crippen LogP contribution in [0.25, 0.3) is 16.3 Å². The maximum absolute atomic E-state index is 12.1. The molecule has 0 N–H and O–H groups in total. The molecule has 128 valence electrons. The predicted octanol–water partition coefficient (Wildman–Crippen LogP) is 3.36. The number of para-hydroxylation sites is 1. The van der Waals surface area contributed by atoms with Gasteiger partial charge in [-0.15, -0.1) is 0 Å². The van der Waals surface area contributed by atoms with E-state index in [4.69, 9.17) is 4.74 Å². The summed E-state index contributed by atoms with van der Waals surface area (Å²) in [6.45, 7) is 0. The second kappa shape index (κ2) is 6.99. The number of thiophene rings is 1. The van der Waals surface area contributed by atoms with Gasteiger partial charge in [-0.1, -0.05) is 28.7 Å². The van der Waals surface area contributed by atoms with Gasteiger partial charge >= 0.3 is 5.00 Å². The third kappa shape index (κ3) is 3.52. The SMILES string of the molecule is COc1cccc2sc(=NC(=O)C=Cc3ccc([N+](=O)[O-])s3)n(C)c12. The van der Waals surface area contributed by atoms with Crippen LogP contribution in [0, 0.1) is 10.1 Å². The van der Waals surface area contributed by atoms with Crippen LogP contribution < -0.4 is 9.54 Å². The highest BCUT2D eigenvalue weighted by atomic mass is 32.1. The van der Waals surface area contributed by atoms with Crippen molar-refractivity contribution in [3.8, 4) is 5.75 Å². The minimum Gasteiger partial charge on any atom is -0.495 e. The fraction of sp³-hybridized carbons (Fsp3) is 0.125. The molecule has 3 aromatic rings. The van der Waals surface area contributed by atoms with Gasteiger partial charge in [-0.25, -0.2) is 0 Å². The van der Waals surface area contributed by atoms with E-state index < -0.39 is 10.8 Å². The summed E-state index contributed by atoms with van der Waals surface area (Å²) in [6.07, 6.45) is 2.83. The Morgan fingerprint density at radius 3 is 2.80 bits per heavy atom. The molecule has 9 heteroatoms. The quantitative estimate of drug-likeness (QED) is 0.397.